The lowest BCUT2D eigenvalue weighted by Crippen LogP contribution is -2.33. The second kappa shape index (κ2) is 8.20. The minimum atomic E-state index is -0.610. The molecule has 0 N–H and O–H groups in total. The van der Waals surface area contributed by atoms with Gasteiger partial charge in [-0.2, -0.15) is 0 Å². The van der Waals surface area contributed by atoms with E-state index in [1.807, 2.05) is 43.3 Å². The Morgan fingerprint density at radius 3 is 2.70 bits per heavy atom. The lowest BCUT2D eigenvalue weighted by molar-refractivity contribution is -0.150. The first kappa shape index (κ1) is 18.9. The first-order valence-electron chi connectivity index (χ1n) is 8.89. The molecule has 6 heteroatoms. The van der Waals surface area contributed by atoms with E-state index < -0.39 is 17.9 Å². The molecule has 142 valence electrons. The number of allylic oxidation sites excluding steroid dienone is 1. The Kier molecular flexibility index (Phi) is 5.74. The first-order valence-corrected chi connectivity index (χ1v) is 8.89. The average Bonchev–Trinajstić information content (AvgIpc) is 3.11. The van der Waals surface area contributed by atoms with Crippen LogP contribution in [0.4, 0.5) is 0 Å². The largest absolute Gasteiger partial charge is 0.466 e. The Morgan fingerprint density at radius 2 is 2.00 bits per heavy atom. The number of hydrogen-bond donors (Lipinski definition) is 0. The number of carbonyl (C=O) groups excluding carboxylic acids is 3. The van der Waals surface area contributed by atoms with E-state index in [1.54, 1.807) is 0 Å². The van der Waals surface area contributed by atoms with Gasteiger partial charge in [-0.3, -0.25) is 9.59 Å². The van der Waals surface area contributed by atoms with E-state index in [9.17, 15) is 14.4 Å². The summed E-state index contributed by atoms with van der Waals surface area (Å²) in [7, 11) is 1.29. The number of ether oxygens (including phenoxy) is 3. The lowest BCUT2D eigenvalue weighted by atomic mass is 9.84. The Bertz CT molecular complexity index is 792. The highest BCUT2D eigenvalue weighted by atomic mass is 16.5. The summed E-state index contributed by atoms with van der Waals surface area (Å²) in [6.07, 6.45) is 4.10. The van der Waals surface area contributed by atoms with Gasteiger partial charge < -0.3 is 14.2 Å². The summed E-state index contributed by atoms with van der Waals surface area (Å²) in [6.45, 7) is 1.83. The zero-order valence-electron chi connectivity index (χ0n) is 15.3. The molecule has 1 aliphatic carbocycles. The predicted molar refractivity (Wildman–Crippen MR) is 96.1 cm³/mol. The summed E-state index contributed by atoms with van der Waals surface area (Å²) < 4.78 is 15.2. The molecule has 0 unspecified atom stereocenters. The fourth-order valence-corrected chi connectivity index (χ4v) is 3.52. The van der Waals surface area contributed by atoms with Crippen molar-refractivity contribution in [2.24, 2.45) is 17.8 Å². The molecule has 0 amide bonds. The lowest BCUT2D eigenvalue weighted by Gasteiger charge is -2.26. The number of fused-ring (bicyclic) bond motifs is 1. The van der Waals surface area contributed by atoms with E-state index in [4.69, 9.17) is 14.2 Å². The number of methoxy groups -OCH3 is 1. The maximum absolute atomic E-state index is 12.3. The molecule has 27 heavy (non-hydrogen) atoms. The molecule has 6 nitrogen and oxygen atoms in total. The number of carbonyl (C=O) groups is 3. The molecule has 0 aromatic heterocycles. The van der Waals surface area contributed by atoms with Crippen molar-refractivity contribution in [1.29, 1.82) is 0 Å². The van der Waals surface area contributed by atoms with Crippen LogP contribution in [0, 0.1) is 17.8 Å². The first-order chi connectivity index (χ1) is 13.0. The van der Waals surface area contributed by atoms with Crippen LogP contribution in [0.2, 0.25) is 0 Å². The third-order valence-electron chi connectivity index (χ3n) is 4.98. The fourth-order valence-electron chi connectivity index (χ4n) is 3.52. The van der Waals surface area contributed by atoms with Crippen molar-refractivity contribution in [3.63, 3.8) is 0 Å². The molecule has 1 aliphatic heterocycles. The molecule has 0 bridgehead atoms. The van der Waals surface area contributed by atoms with Gasteiger partial charge in [-0.15, -0.1) is 0 Å². The Balaban J connectivity index is 1.59. The molecule has 3 atom stereocenters. The van der Waals surface area contributed by atoms with Crippen molar-refractivity contribution in [2.45, 2.75) is 19.8 Å². The summed E-state index contributed by atoms with van der Waals surface area (Å²) in [4.78, 5) is 36.3. The minimum absolute atomic E-state index is 0.0165. The maximum Gasteiger partial charge on any atom is 0.337 e. The van der Waals surface area contributed by atoms with E-state index in [2.05, 4.69) is 0 Å². The van der Waals surface area contributed by atoms with Crippen LogP contribution in [0.5, 0.6) is 0 Å². The SMILES string of the molecule is COC(=O)C1=COC(=O)[C@@H]2C(COC(=O)[C@@H](C)Cc3ccccc3)=CC[C@H]12. The van der Waals surface area contributed by atoms with Gasteiger partial charge in [0.05, 0.1) is 24.5 Å². The molecule has 1 heterocycles. The van der Waals surface area contributed by atoms with Crippen molar-refractivity contribution >= 4 is 17.9 Å². The monoisotopic (exact) mass is 370 g/mol. The molecule has 1 aromatic carbocycles. The van der Waals surface area contributed by atoms with Gasteiger partial charge in [0.2, 0.25) is 0 Å². The van der Waals surface area contributed by atoms with Crippen molar-refractivity contribution in [1.82, 2.24) is 0 Å². The predicted octanol–water partition coefficient (Wildman–Crippen LogP) is 2.58. The van der Waals surface area contributed by atoms with E-state index in [1.165, 1.54) is 13.4 Å². The molecular formula is C21H22O6. The summed E-state index contributed by atoms with van der Waals surface area (Å²) in [5.74, 6) is -2.51. The van der Waals surface area contributed by atoms with Crippen LogP contribution in [0.1, 0.15) is 18.9 Å². The smallest absolute Gasteiger partial charge is 0.337 e. The van der Waals surface area contributed by atoms with Gasteiger partial charge in [0, 0.05) is 5.92 Å². The molecular weight excluding hydrogens is 348 g/mol. The Labute approximate surface area is 157 Å². The highest BCUT2D eigenvalue weighted by Crippen LogP contribution is 2.41. The highest BCUT2D eigenvalue weighted by molar-refractivity contribution is 5.93. The van der Waals surface area contributed by atoms with Gasteiger partial charge in [0.15, 0.2) is 0 Å². The average molecular weight is 370 g/mol. The second-order valence-electron chi connectivity index (χ2n) is 6.80. The quantitative estimate of drug-likeness (QED) is 0.435. The molecule has 0 radical (unpaired) electrons. The molecule has 0 fully saturated rings. The van der Waals surface area contributed by atoms with Gasteiger partial charge >= 0.3 is 17.9 Å². The zero-order valence-corrected chi connectivity index (χ0v) is 15.3. The van der Waals surface area contributed by atoms with Gasteiger partial charge in [-0.1, -0.05) is 43.3 Å². The van der Waals surface area contributed by atoms with Crippen molar-refractivity contribution < 1.29 is 28.6 Å². The second-order valence-corrected chi connectivity index (χ2v) is 6.80. The number of benzene rings is 1. The topological polar surface area (TPSA) is 78.9 Å². The van der Waals surface area contributed by atoms with Gasteiger partial charge in [0.25, 0.3) is 0 Å². The van der Waals surface area contributed by atoms with Gasteiger partial charge in [0.1, 0.15) is 12.9 Å². The maximum atomic E-state index is 12.3. The standard InChI is InChI=1S/C21H22O6/c1-13(10-14-6-4-3-5-7-14)19(22)26-11-15-8-9-16-17(20(23)25-2)12-27-21(24)18(15)16/h3-8,12-13,16,18H,9-11H2,1-2H3/t13-,16+,18+/m0/s1. The van der Waals surface area contributed by atoms with Crippen molar-refractivity contribution in [2.75, 3.05) is 13.7 Å². The van der Waals surface area contributed by atoms with Crippen molar-refractivity contribution in [3.05, 3.63) is 59.4 Å². The summed E-state index contributed by atoms with van der Waals surface area (Å²) in [5.41, 5.74) is 2.06. The highest BCUT2D eigenvalue weighted by Gasteiger charge is 2.44. The Hall–Kier alpha value is -2.89. The van der Waals surface area contributed by atoms with E-state index in [-0.39, 0.29) is 24.4 Å². The van der Waals surface area contributed by atoms with E-state index in [0.29, 0.717) is 24.0 Å². The zero-order chi connectivity index (χ0) is 19.4. The van der Waals surface area contributed by atoms with Crippen LogP contribution in [-0.2, 0) is 35.0 Å². The molecule has 3 rings (SSSR count). The number of hydrogen-bond acceptors (Lipinski definition) is 6. The third-order valence-corrected chi connectivity index (χ3v) is 4.98. The van der Waals surface area contributed by atoms with Crippen LogP contribution in [0.3, 0.4) is 0 Å². The minimum Gasteiger partial charge on any atom is -0.466 e. The number of cyclic esters (lactones) is 1. The van der Waals surface area contributed by atoms with Crippen molar-refractivity contribution in [3.8, 4) is 0 Å². The van der Waals surface area contributed by atoms with E-state index in [0.717, 1.165) is 5.56 Å². The van der Waals surface area contributed by atoms with Gasteiger partial charge in [-0.25, -0.2) is 4.79 Å². The van der Waals surface area contributed by atoms with Crippen LogP contribution >= 0.6 is 0 Å². The molecule has 2 aliphatic rings. The molecule has 0 spiro atoms. The molecule has 0 saturated carbocycles. The van der Waals surface area contributed by atoms with Crippen LogP contribution in [0.25, 0.3) is 0 Å². The van der Waals surface area contributed by atoms with E-state index >= 15 is 0 Å². The normalized spacial score (nSPS) is 22.1. The fraction of sp³-hybridized carbons (Fsp3) is 0.381. The molecule has 1 aromatic rings. The number of esters is 3. The van der Waals surface area contributed by atoms with Crippen LogP contribution in [-0.4, -0.2) is 31.6 Å². The third kappa shape index (κ3) is 4.10. The summed E-state index contributed by atoms with van der Waals surface area (Å²) in [6, 6.07) is 9.71. The van der Waals surface area contributed by atoms with Crippen LogP contribution in [0.15, 0.2) is 53.8 Å². The number of rotatable bonds is 6. The Morgan fingerprint density at radius 1 is 1.26 bits per heavy atom. The van der Waals surface area contributed by atoms with Crippen LogP contribution < -0.4 is 0 Å². The van der Waals surface area contributed by atoms with Gasteiger partial charge in [-0.05, 0) is 24.0 Å². The summed E-state index contributed by atoms with van der Waals surface area (Å²) >= 11 is 0. The summed E-state index contributed by atoms with van der Waals surface area (Å²) in [5, 5.41) is 0. The molecule has 0 saturated heterocycles.